The maximum absolute atomic E-state index is 13.2. The Morgan fingerprint density at radius 3 is 1.09 bits per heavy atom. The zero-order valence-corrected chi connectivity index (χ0v) is 30.3. The molecule has 0 spiro atoms. The number of carbonyl (C=O) groups excluding carboxylic acids is 3. The Hall–Kier alpha value is -3.94. The average Bonchev–Trinajstić information content (AvgIpc) is 3.74. The quantitative estimate of drug-likeness (QED) is 0.0783. The summed E-state index contributed by atoms with van der Waals surface area (Å²) in [5.41, 5.74) is 0.727. The van der Waals surface area contributed by atoms with Gasteiger partial charge in [-0.1, -0.05) is 36.4 Å². The maximum Gasteiger partial charge on any atom is 0.251 e. The fraction of sp³-hybridized carbons (Fsp3) is 0.432. The van der Waals surface area contributed by atoms with Gasteiger partial charge in [-0.25, -0.2) is 0 Å². The summed E-state index contributed by atoms with van der Waals surface area (Å²) in [7, 11) is -1.39. The van der Waals surface area contributed by atoms with E-state index in [0.29, 0.717) is 5.56 Å². The highest BCUT2D eigenvalue weighted by atomic mass is 31.1. The van der Waals surface area contributed by atoms with E-state index in [9.17, 15) is 55.2 Å². The van der Waals surface area contributed by atoms with Gasteiger partial charge < -0.3 is 71.0 Å². The molecule has 11 N–H and O–H groups in total. The molecule has 0 radical (unpaired) electrons. The smallest absolute Gasteiger partial charge is 0.251 e. The van der Waals surface area contributed by atoms with E-state index >= 15 is 0 Å². The molecule has 18 heteroatoms. The summed E-state index contributed by atoms with van der Waals surface area (Å²) >= 11 is 0. The van der Waals surface area contributed by atoms with Crippen LogP contribution in [0, 0.1) is 0 Å². The molecular formula is C37H44N3O14P. The second kappa shape index (κ2) is 17.5. The van der Waals surface area contributed by atoms with E-state index in [2.05, 4.69) is 16.0 Å². The maximum atomic E-state index is 13.2. The molecule has 6 rings (SSSR count). The second-order valence-corrected chi connectivity index (χ2v) is 15.7. The molecule has 3 amide bonds. The standard InChI is InChI=1S/C37H44N3O14P/c1-17-27(30(44)24(14-41)52-17)38-33(47)18-2-8-21(9-3-18)55(22-10-4-19(5-11-22)34(48)39-28-31(45)25(15-42)53-36(28)50)23-12-6-20(7-13-23)35(49)40-29-32(46)26(16-43)54-37(29)51/h2-13,17,24-32,36-37,41-46,50-51H,14-16H2,1H3,(H,38,47)(H,39,48)(H,40,49). The van der Waals surface area contributed by atoms with Crippen LogP contribution in [0.25, 0.3) is 0 Å². The van der Waals surface area contributed by atoms with Crippen LogP contribution in [0.2, 0.25) is 0 Å². The molecule has 3 aromatic rings. The number of amides is 3. The van der Waals surface area contributed by atoms with Crippen molar-refractivity contribution in [1.29, 1.82) is 0 Å². The van der Waals surface area contributed by atoms with E-state index in [1.165, 1.54) is 0 Å². The van der Waals surface area contributed by atoms with Crippen LogP contribution < -0.4 is 31.9 Å². The Bertz CT molecular complexity index is 1590. The number of rotatable bonds is 12. The minimum Gasteiger partial charge on any atom is -0.394 e. The SMILES string of the molecule is CC1OC(CO)C(O)C1NC(=O)c1ccc(P(c2ccc(C(=O)NC3C(O)OC(CO)C3O)cc2)c2ccc(C(=O)NC3C(O)OC(CO)C3O)cc2)cc1. The number of nitrogens with one attached hydrogen (secondary N) is 3. The summed E-state index contributed by atoms with van der Waals surface area (Å²) in [5.74, 6) is -1.66. The first-order valence-corrected chi connectivity index (χ1v) is 18.9. The molecule has 12 atom stereocenters. The zero-order valence-electron chi connectivity index (χ0n) is 29.5. The molecule has 17 nitrogen and oxygen atoms in total. The molecule has 3 aliphatic rings. The topological polar surface area (TPSA) is 277 Å². The van der Waals surface area contributed by atoms with Crippen molar-refractivity contribution in [3.63, 3.8) is 0 Å². The third-order valence-electron chi connectivity index (χ3n) is 9.98. The van der Waals surface area contributed by atoms with Gasteiger partial charge in [0.25, 0.3) is 17.7 Å². The van der Waals surface area contributed by atoms with Crippen molar-refractivity contribution >= 4 is 41.6 Å². The number of aliphatic hydroxyl groups is 8. The van der Waals surface area contributed by atoms with Crippen molar-refractivity contribution < 1.29 is 69.4 Å². The van der Waals surface area contributed by atoms with Crippen LogP contribution in [0.1, 0.15) is 38.0 Å². The molecule has 0 bridgehead atoms. The lowest BCUT2D eigenvalue weighted by Gasteiger charge is -2.22. The number of ether oxygens (including phenoxy) is 3. The van der Waals surface area contributed by atoms with Crippen LogP contribution in [-0.4, -0.2) is 152 Å². The number of hydrogen-bond donors (Lipinski definition) is 11. The Labute approximate surface area is 316 Å². The Morgan fingerprint density at radius 2 is 0.800 bits per heavy atom. The van der Waals surface area contributed by atoms with Crippen molar-refractivity contribution in [3.8, 4) is 0 Å². The molecule has 55 heavy (non-hydrogen) atoms. The van der Waals surface area contributed by atoms with Crippen LogP contribution in [0.15, 0.2) is 72.8 Å². The molecule has 296 valence electrons. The van der Waals surface area contributed by atoms with Crippen LogP contribution in [0.4, 0.5) is 0 Å². The van der Waals surface area contributed by atoms with Crippen LogP contribution in [-0.2, 0) is 14.2 Å². The summed E-state index contributed by atoms with van der Waals surface area (Å²) in [4.78, 5) is 39.4. The van der Waals surface area contributed by atoms with E-state index in [-0.39, 0.29) is 11.1 Å². The predicted molar refractivity (Wildman–Crippen MR) is 194 cm³/mol. The first-order chi connectivity index (χ1) is 26.3. The van der Waals surface area contributed by atoms with Gasteiger partial charge in [-0.3, -0.25) is 14.4 Å². The molecular weight excluding hydrogens is 741 g/mol. The molecule has 0 aliphatic carbocycles. The Morgan fingerprint density at radius 1 is 0.509 bits per heavy atom. The summed E-state index contributed by atoms with van der Waals surface area (Å²) in [6.07, 6.45) is -10.3. The highest BCUT2D eigenvalue weighted by Gasteiger charge is 2.45. The lowest BCUT2D eigenvalue weighted by molar-refractivity contribution is -0.112. The van der Waals surface area contributed by atoms with Crippen molar-refractivity contribution in [3.05, 3.63) is 89.5 Å². The highest BCUT2D eigenvalue weighted by Crippen LogP contribution is 2.33. The summed E-state index contributed by atoms with van der Waals surface area (Å²) in [6.45, 7) is 0.202. The first-order valence-electron chi connectivity index (χ1n) is 17.6. The van der Waals surface area contributed by atoms with Crippen LogP contribution in [0.5, 0.6) is 0 Å². The molecule has 3 aromatic carbocycles. The van der Waals surface area contributed by atoms with E-state index in [4.69, 9.17) is 14.2 Å². The van der Waals surface area contributed by atoms with Crippen molar-refractivity contribution in [2.45, 2.75) is 80.4 Å². The molecule has 3 saturated heterocycles. The number of aliphatic hydroxyl groups excluding tert-OH is 8. The number of carbonyl (C=O) groups is 3. The van der Waals surface area contributed by atoms with Gasteiger partial charge in [0, 0.05) is 16.7 Å². The highest BCUT2D eigenvalue weighted by molar-refractivity contribution is 7.79. The minimum atomic E-state index is -1.52. The van der Waals surface area contributed by atoms with Gasteiger partial charge in [0.2, 0.25) is 0 Å². The van der Waals surface area contributed by atoms with Gasteiger partial charge >= 0.3 is 0 Å². The van der Waals surface area contributed by atoms with Crippen molar-refractivity contribution in [2.75, 3.05) is 19.8 Å². The largest absolute Gasteiger partial charge is 0.394 e. The lowest BCUT2D eigenvalue weighted by atomic mass is 10.0. The van der Waals surface area contributed by atoms with Gasteiger partial charge in [0.1, 0.15) is 48.7 Å². The fourth-order valence-electron chi connectivity index (χ4n) is 6.84. The normalized spacial score (nSPS) is 32.2. The van der Waals surface area contributed by atoms with Gasteiger partial charge in [-0.2, -0.15) is 0 Å². The van der Waals surface area contributed by atoms with Gasteiger partial charge in [0.05, 0.1) is 32.0 Å². The Kier molecular flexibility index (Phi) is 12.9. The molecule has 3 aliphatic heterocycles. The lowest BCUT2D eigenvalue weighted by Crippen LogP contribution is -2.48. The van der Waals surface area contributed by atoms with Crippen LogP contribution >= 0.6 is 7.92 Å². The molecule has 3 fully saturated rings. The number of benzene rings is 3. The Balaban J connectivity index is 1.24. The first kappa shape index (κ1) is 40.7. The van der Waals surface area contributed by atoms with E-state index in [1.807, 2.05) is 0 Å². The number of hydrogen-bond acceptors (Lipinski definition) is 14. The van der Waals surface area contributed by atoms with E-state index in [0.717, 1.165) is 15.9 Å². The monoisotopic (exact) mass is 785 g/mol. The molecule has 0 aromatic heterocycles. The average molecular weight is 786 g/mol. The molecule has 3 heterocycles. The van der Waals surface area contributed by atoms with Gasteiger partial charge in [0.15, 0.2) is 12.6 Å². The minimum absolute atomic E-state index is 0.212. The predicted octanol–water partition coefficient (Wildman–Crippen LogP) is -3.98. The van der Waals surface area contributed by atoms with Gasteiger partial charge in [-0.15, -0.1) is 0 Å². The molecule has 0 saturated carbocycles. The van der Waals surface area contributed by atoms with Crippen LogP contribution in [0.3, 0.4) is 0 Å². The summed E-state index contributed by atoms with van der Waals surface area (Å²) in [6, 6.07) is 16.9. The summed E-state index contributed by atoms with van der Waals surface area (Å²) in [5, 5.41) is 89.9. The van der Waals surface area contributed by atoms with E-state index < -0.39 is 119 Å². The second-order valence-electron chi connectivity index (χ2n) is 13.5. The van der Waals surface area contributed by atoms with Crippen molar-refractivity contribution in [2.24, 2.45) is 0 Å². The summed E-state index contributed by atoms with van der Waals surface area (Å²) < 4.78 is 15.7. The molecule has 12 unspecified atom stereocenters. The van der Waals surface area contributed by atoms with Crippen molar-refractivity contribution in [1.82, 2.24) is 16.0 Å². The third kappa shape index (κ3) is 8.58. The van der Waals surface area contributed by atoms with Gasteiger partial charge in [-0.05, 0) is 67.2 Å². The fourth-order valence-corrected chi connectivity index (χ4v) is 9.08. The third-order valence-corrected chi connectivity index (χ3v) is 12.4. The van der Waals surface area contributed by atoms with E-state index in [1.54, 1.807) is 79.7 Å². The zero-order chi connectivity index (χ0) is 39.6.